The first-order chi connectivity index (χ1) is 8.49. The molecule has 98 valence electrons. The van der Waals surface area contributed by atoms with Gasteiger partial charge < -0.3 is 10.2 Å². The summed E-state index contributed by atoms with van der Waals surface area (Å²) in [6.45, 7) is 0. The molecule has 6 heteroatoms. The van der Waals surface area contributed by atoms with E-state index in [0.717, 1.165) is 5.56 Å². The highest BCUT2D eigenvalue weighted by Gasteiger charge is 2.17. The number of aliphatic hydroxyl groups excluding tert-OH is 1. The molecule has 1 unspecified atom stereocenters. The predicted molar refractivity (Wildman–Crippen MR) is 71.1 cm³/mol. The van der Waals surface area contributed by atoms with Crippen molar-refractivity contribution in [1.29, 1.82) is 0 Å². The lowest BCUT2D eigenvalue weighted by Crippen LogP contribution is -2.12. The summed E-state index contributed by atoms with van der Waals surface area (Å²) in [5.41, 5.74) is 1.66. The normalized spacial score (nSPS) is 12.2. The molecule has 1 atom stereocenters. The highest BCUT2D eigenvalue weighted by atomic mass is 79.9. The number of carboxylic acid groups (broad SMARTS) is 1. The summed E-state index contributed by atoms with van der Waals surface area (Å²) in [5.74, 6) is -1.15. The minimum absolute atomic E-state index is 0.00731. The van der Waals surface area contributed by atoms with Crippen LogP contribution in [0.15, 0.2) is 18.2 Å². The Morgan fingerprint density at radius 1 is 1.33 bits per heavy atom. The summed E-state index contributed by atoms with van der Waals surface area (Å²) in [4.78, 5) is 22.0. The lowest BCUT2D eigenvalue weighted by atomic mass is 9.99. The van der Waals surface area contributed by atoms with Crippen molar-refractivity contribution in [2.75, 3.05) is 5.33 Å². The van der Waals surface area contributed by atoms with Crippen molar-refractivity contribution >= 4 is 39.3 Å². The summed E-state index contributed by atoms with van der Waals surface area (Å²) < 4.78 is 0. The van der Waals surface area contributed by atoms with Crippen LogP contribution in [0.4, 0.5) is 0 Å². The standard InChI is InChI=1S/C12H12BrClO4/c13-5-10(15)4-7-1-2-8(3-9(7)6-14)11(16)12(17)18/h1-3,11,16H,4-6H2,(H,17,18). The molecule has 0 heterocycles. The maximum absolute atomic E-state index is 11.3. The molecule has 0 aromatic heterocycles. The Kier molecular flexibility index (Phi) is 5.78. The van der Waals surface area contributed by atoms with E-state index < -0.39 is 12.1 Å². The average molecular weight is 336 g/mol. The van der Waals surface area contributed by atoms with Gasteiger partial charge in [0, 0.05) is 12.3 Å². The van der Waals surface area contributed by atoms with Gasteiger partial charge in [-0.3, -0.25) is 4.79 Å². The number of Topliss-reactive ketones (excluding diaryl/α,β-unsaturated/α-hetero) is 1. The molecule has 0 bridgehead atoms. The summed E-state index contributed by atoms with van der Waals surface area (Å²) in [7, 11) is 0. The Morgan fingerprint density at radius 3 is 2.50 bits per heavy atom. The van der Waals surface area contributed by atoms with Crippen molar-refractivity contribution in [3.05, 3.63) is 34.9 Å². The number of alkyl halides is 2. The molecule has 0 aliphatic heterocycles. The minimum Gasteiger partial charge on any atom is -0.479 e. The summed E-state index contributed by atoms with van der Waals surface area (Å²) in [5, 5.41) is 18.4. The number of ketones is 1. The van der Waals surface area contributed by atoms with Crippen LogP contribution in [0.3, 0.4) is 0 Å². The molecule has 2 N–H and O–H groups in total. The first kappa shape index (κ1) is 15.1. The summed E-state index contributed by atoms with van der Waals surface area (Å²) in [6.07, 6.45) is -1.34. The monoisotopic (exact) mass is 334 g/mol. The van der Waals surface area contributed by atoms with Gasteiger partial charge >= 0.3 is 5.97 Å². The zero-order chi connectivity index (χ0) is 13.7. The first-order valence-corrected chi connectivity index (χ1v) is 6.81. The predicted octanol–water partition coefficient (Wildman–Crippen LogP) is 2.05. The number of aliphatic carboxylic acids is 1. The van der Waals surface area contributed by atoms with Crippen LogP contribution in [-0.4, -0.2) is 27.3 Å². The second-order valence-electron chi connectivity index (χ2n) is 3.75. The average Bonchev–Trinajstić information content (AvgIpc) is 2.37. The van der Waals surface area contributed by atoms with E-state index in [1.54, 1.807) is 6.07 Å². The van der Waals surface area contributed by atoms with Gasteiger partial charge in [-0.15, -0.1) is 11.6 Å². The van der Waals surface area contributed by atoms with Gasteiger partial charge in [0.05, 0.1) is 5.33 Å². The van der Waals surface area contributed by atoms with Crippen molar-refractivity contribution in [3.8, 4) is 0 Å². The molecular weight excluding hydrogens is 323 g/mol. The van der Waals surface area contributed by atoms with Gasteiger partial charge in [0.25, 0.3) is 0 Å². The Labute approximate surface area is 118 Å². The fourth-order valence-electron chi connectivity index (χ4n) is 1.52. The van der Waals surface area contributed by atoms with Gasteiger partial charge in [-0.2, -0.15) is 0 Å². The topological polar surface area (TPSA) is 74.6 Å². The van der Waals surface area contributed by atoms with Crippen molar-refractivity contribution in [2.24, 2.45) is 0 Å². The molecule has 0 amide bonds. The number of benzene rings is 1. The maximum Gasteiger partial charge on any atom is 0.337 e. The van der Waals surface area contributed by atoms with E-state index in [4.69, 9.17) is 16.7 Å². The Hall–Kier alpha value is -0.910. The molecule has 1 rings (SSSR count). The van der Waals surface area contributed by atoms with Crippen LogP contribution in [0.25, 0.3) is 0 Å². The number of aliphatic hydroxyl groups is 1. The molecule has 0 aliphatic rings. The highest BCUT2D eigenvalue weighted by Crippen LogP contribution is 2.20. The van der Waals surface area contributed by atoms with Crippen molar-refractivity contribution in [3.63, 3.8) is 0 Å². The molecule has 4 nitrogen and oxygen atoms in total. The summed E-state index contributed by atoms with van der Waals surface area (Å²) in [6, 6.07) is 4.63. The van der Waals surface area contributed by atoms with Crippen LogP contribution >= 0.6 is 27.5 Å². The number of hydrogen-bond acceptors (Lipinski definition) is 3. The van der Waals surface area contributed by atoms with E-state index in [1.165, 1.54) is 12.1 Å². The second-order valence-corrected chi connectivity index (χ2v) is 4.58. The Bertz CT molecular complexity index is 461. The van der Waals surface area contributed by atoms with Crippen molar-refractivity contribution < 1.29 is 19.8 Å². The van der Waals surface area contributed by atoms with E-state index >= 15 is 0 Å². The molecule has 0 spiro atoms. The third kappa shape index (κ3) is 3.80. The molecule has 0 radical (unpaired) electrons. The van der Waals surface area contributed by atoms with E-state index in [9.17, 15) is 14.7 Å². The maximum atomic E-state index is 11.3. The van der Waals surface area contributed by atoms with Crippen LogP contribution in [0.2, 0.25) is 0 Å². The lowest BCUT2D eigenvalue weighted by Gasteiger charge is -2.11. The molecule has 0 aliphatic carbocycles. The van der Waals surface area contributed by atoms with E-state index in [-0.39, 0.29) is 29.0 Å². The van der Waals surface area contributed by atoms with Crippen LogP contribution in [0, 0.1) is 0 Å². The fourth-order valence-corrected chi connectivity index (χ4v) is 1.96. The van der Waals surface area contributed by atoms with Crippen LogP contribution in [-0.2, 0) is 21.9 Å². The third-order valence-electron chi connectivity index (χ3n) is 2.46. The van der Waals surface area contributed by atoms with Gasteiger partial charge in [0.15, 0.2) is 6.10 Å². The Balaban J connectivity index is 3.03. The number of hydrogen-bond donors (Lipinski definition) is 2. The molecule has 0 saturated heterocycles. The van der Waals surface area contributed by atoms with Gasteiger partial charge in [-0.25, -0.2) is 4.79 Å². The number of carbonyl (C=O) groups excluding carboxylic acids is 1. The zero-order valence-corrected chi connectivity index (χ0v) is 11.7. The molecule has 1 aromatic rings. The SMILES string of the molecule is O=C(CBr)Cc1ccc(C(O)C(=O)O)cc1CCl. The molecule has 1 aromatic carbocycles. The highest BCUT2D eigenvalue weighted by molar-refractivity contribution is 9.09. The van der Waals surface area contributed by atoms with Crippen LogP contribution < -0.4 is 0 Å². The quantitative estimate of drug-likeness (QED) is 0.780. The smallest absolute Gasteiger partial charge is 0.337 e. The third-order valence-corrected chi connectivity index (χ3v) is 3.37. The molecular formula is C12H12BrClO4. The number of carbonyl (C=O) groups is 2. The largest absolute Gasteiger partial charge is 0.479 e. The number of carboxylic acids is 1. The zero-order valence-electron chi connectivity index (χ0n) is 9.40. The fraction of sp³-hybridized carbons (Fsp3) is 0.333. The first-order valence-electron chi connectivity index (χ1n) is 5.15. The van der Waals surface area contributed by atoms with E-state index in [0.29, 0.717) is 5.56 Å². The Morgan fingerprint density at radius 2 is 2.00 bits per heavy atom. The minimum atomic E-state index is -1.58. The second kappa shape index (κ2) is 6.87. The lowest BCUT2D eigenvalue weighted by molar-refractivity contribution is -0.147. The van der Waals surface area contributed by atoms with Crippen LogP contribution in [0.1, 0.15) is 22.8 Å². The van der Waals surface area contributed by atoms with Gasteiger partial charge in [0.2, 0.25) is 0 Å². The van der Waals surface area contributed by atoms with E-state index in [1.807, 2.05) is 0 Å². The van der Waals surface area contributed by atoms with Crippen molar-refractivity contribution in [2.45, 2.75) is 18.4 Å². The number of halogens is 2. The number of rotatable bonds is 6. The van der Waals surface area contributed by atoms with Gasteiger partial charge in [-0.1, -0.05) is 34.1 Å². The summed E-state index contributed by atoms with van der Waals surface area (Å²) >= 11 is 8.84. The van der Waals surface area contributed by atoms with Gasteiger partial charge in [0.1, 0.15) is 5.78 Å². The van der Waals surface area contributed by atoms with Crippen molar-refractivity contribution in [1.82, 2.24) is 0 Å². The molecule has 18 heavy (non-hydrogen) atoms. The van der Waals surface area contributed by atoms with Crippen LogP contribution in [0.5, 0.6) is 0 Å². The molecule has 0 saturated carbocycles. The van der Waals surface area contributed by atoms with Gasteiger partial charge in [-0.05, 0) is 16.7 Å². The van der Waals surface area contributed by atoms with E-state index in [2.05, 4.69) is 15.9 Å². The molecule has 0 fully saturated rings.